The van der Waals surface area contributed by atoms with Crippen molar-refractivity contribution in [1.82, 2.24) is 0 Å². The fourth-order valence-electron chi connectivity index (χ4n) is 38.7. The molecule has 28 aliphatic carbocycles. The maximum absolute atomic E-state index is 13.8. The first-order valence-electron chi connectivity index (χ1n) is 53.0. The van der Waals surface area contributed by atoms with Gasteiger partial charge in [0.2, 0.25) is 6.10 Å². The molecule has 24 unspecified atom stereocenters. The van der Waals surface area contributed by atoms with Crippen molar-refractivity contribution in [2.24, 2.45) is 145 Å². The molecule has 28 saturated carbocycles. The number of ether oxygens (including phenoxy) is 18. The number of hydrogen-bond acceptors (Lipinski definition) is 27. The second-order valence-corrected chi connectivity index (χ2v) is 50.1. The van der Waals surface area contributed by atoms with Crippen LogP contribution in [0.2, 0.25) is 0 Å². The molecule has 8 aliphatic heterocycles. The summed E-state index contributed by atoms with van der Waals surface area (Å²) in [5, 5.41) is 33.4. The normalized spacial score (nSPS) is 56.7. The van der Waals surface area contributed by atoms with Gasteiger partial charge in [-0.2, -0.15) is 0 Å². The summed E-state index contributed by atoms with van der Waals surface area (Å²) in [6.07, 6.45) is 31.9. The number of fused-ring (bicyclic) bond motifs is 6. The van der Waals surface area contributed by atoms with Gasteiger partial charge in [-0.3, -0.25) is 19.2 Å². The van der Waals surface area contributed by atoms with E-state index in [2.05, 4.69) is 13.8 Å². The number of rotatable bonds is 14. The van der Waals surface area contributed by atoms with Crippen LogP contribution in [0.3, 0.4) is 0 Å². The monoisotopic (exact) mass is 1830 g/mol. The van der Waals surface area contributed by atoms with E-state index in [0.717, 1.165) is 190 Å². The summed E-state index contributed by atoms with van der Waals surface area (Å²) in [5.41, 5.74) is -2.83. The molecule has 4 spiro atoms. The summed E-state index contributed by atoms with van der Waals surface area (Å²) in [5.74, 6) is 6.69. The molecule has 131 heavy (non-hydrogen) atoms. The summed E-state index contributed by atoms with van der Waals surface area (Å²) in [6.45, 7) is 19.3. The van der Waals surface area contributed by atoms with Gasteiger partial charge < -0.3 is 101 Å². The predicted octanol–water partition coefficient (Wildman–Crippen LogP) is 14.0. The maximum Gasteiger partial charge on any atom is 0.350 e. The molecule has 8 heterocycles. The van der Waals surface area contributed by atoms with Crippen LogP contribution in [0, 0.1) is 145 Å². The van der Waals surface area contributed by atoms with Crippen molar-refractivity contribution >= 4 is 35.8 Å². The van der Waals surface area contributed by atoms with Crippen molar-refractivity contribution in [3.05, 3.63) is 0 Å². The molecule has 728 valence electrons. The highest BCUT2D eigenvalue weighted by Crippen LogP contribution is 2.73. The van der Waals surface area contributed by atoms with Gasteiger partial charge in [0.25, 0.3) is 0 Å². The lowest BCUT2D eigenvalue weighted by atomic mass is 9.48. The van der Waals surface area contributed by atoms with Gasteiger partial charge in [-0.15, -0.1) is 0 Å². The van der Waals surface area contributed by atoms with Crippen molar-refractivity contribution in [3.8, 4) is 0 Å². The Labute approximate surface area is 772 Å². The zero-order chi connectivity index (χ0) is 90.2. The standard InChI is InChI=1S/C36H50O8.C24H34O5.C21H30O7.C19H24O7.2C2H6/c37-30(32-8-22-2-23(9-32)13-34(39,12-22)18-32)41-16-28-29(44-36(43-28)26-4-20-1-21(6-26)7-27(36)5-20)17-42-31(38)33-10-24-3-25(11-33)15-35(40,14-24)19-33;25-21(22-7-16-2-17(8-22)10-23(26,9-16)13-22)27-11-20-12-28-24(29-20)18-3-14-1-15(5-18)6-19(24)4-14;1-4-23-10(2)24-16-14-15(25-18(16)22)17-19(26-14)28-21(27-17)12-5-11-6-13(21)9-20(3,7-11)8-12;1-8(20)22-14-12-13(23-16(14)21)15-17(24-12)26-19(25-15)10-3-9-4-11(19)7-18(2,5-9)6-10;2*1-2/h20-29,39-40H,1-19H2;14-20,26H,1-13H2;10-17,19H,4-9H2,1-3H3;9-15,17H,3-7H2,1-2H3;2*1-2H3. The van der Waals surface area contributed by atoms with Gasteiger partial charge in [0, 0.05) is 60.9 Å². The van der Waals surface area contributed by atoms with Crippen LogP contribution in [-0.2, 0) is 114 Å². The third-order valence-electron chi connectivity index (χ3n) is 40.6. The largest absolute Gasteiger partial charge is 0.462 e. The Bertz CT molecular complexity index is 4220. The molecule has 3 N–H and O–H groups in total. The molecule has 0 radical (unpaired) electrons. The van der Waals surface area contributed by atoms with Crippen LogP contribution in [0.1, 0.15) is 306 Å². The van der Waals surface area contributed by atoms with Crippen LogP contribution >= 0.6 is 0 Å². The van der Waals surface area contributed by atoms with Gasteiger partial charge in [-0.1, -0.05) is 41.5 Å². The Hall–Kier alpha value is -3.78. The molecule has 0 aromatic carbocycles. The SMILES string of the molecule is CC.CC.CC(=O)OC1C(=O)OC2C3OC4(OC3OC12)C1CC2CC4CC(C)(C2)C1.CCOC(C)OC1C(=O)OC2C3OC4(OC3OC12)C1CC2CC4CC(C)(C2)C1.O=C(OCC1COC2(O1)C1CC3CC(C1)CC2C3)C12CC3CC(CC(O)(C3)C1)C2.O=C(OCC1OC2(OC1COC(=O)C13CC4CC(CC(O)(C4)C1)C3)C1CC3CC(C1)CC2C3)C12CC3CC(CC(O)(C3)C1)C2. The first kappa shape index (κ1) is 89.8. The molecule has 24 atom stereocenters. The number of esters is 6. The summed E-state index contributed by atoms with van der Waals surface area (Å²) in [6, 6.07) is 0. The Morgan fingerprint density at radius 2 is 0.710 bits per heavy atom. The second kappa shape index (κ2) is 31.9. The average molecular weight is 1830 g/mol. The minimum absolute atomic E-state index is 0.0837. The fourth-order valence-corrected chi connectivity index (χ4v) is 38.7. The third-order valence-corrected chi connectivity index (χ3v) is 40.6. The zero-order valence-corrected chi connectivity index (χ0v) is 79.2. The van der Waals surface area contributed by atoms with E-state index in [9.17, 15) is 44.1 Å². The van der Waals surface area contributed by atoms with Gasteiger partial charge in [0.15, 0.2) is 72.5 Å². The van der Waals surface area contributed by atoms with Crippen molar-refractivity contribution < 1.29 is 129 Å². The summed E-state index contributed by atoms with van der Waals surface area (Å²) in [7, 11) is 0. The molecule has 36 aliphatic rings. The summed E-state index contributed by atoms with van der Waals surface area (Å²) >= 11 is 0. The topological polar surface area (TPSA) is 329 Å². The molecule has 27 nitrogen and oxygen atoms in total. The van der Waals surface area contributed by atoms with Crippen LogP contribution in [-0.4, -0.2) is 210 Å². The average Bonchev–Trinajstić information content (AvgIpc) is 1.53. The van der Waals surface area contributed by atoms with Crippen LogP contribution in [0.25, 0.3) is 0 Å². The number of aliphatic hydroxyl groups is 3. The highest BCUT2D eigenvalue weighted by Gasteiger charge is 2.77. The van der Waals surface area contributed by atoms with Gasteiger partial charge in [0.05, 0.1) is 39.7 Å². The molecule has 36 fully saturated rings. The third kappa shape index (κ3) is 14.6. The molecular weight excluding hydrogens is 1680 g/mol. The lowest BCUT2D eigenvalue weighted by molar-refractivity contribution is -0.334. The van der Waals surface area contributed by atoms with E-state index in [1.165, 1.54) is 77.6 Å². The molecular formula is C104H150O27. The number of carbonyl (C=O) groups is 6. The molecule has 0 aromatic rings. The Kier molecular flexibility index (Phi) is 21.8. The van der Waals surface area contributed by atoms with E-state index in [4.69, 9.17) is 85.3 Å². The van der Waals surface area contributed by atoms with Crippen molar-refractivity contribution in [3.63, 3.8) is 0 Å². The Morgan fingerprint density at radius 1 is 0.374 bits per heavy atom. The summed E-state index contributed by atoms with van der Waals surface area (Å²) < 4.78 is 111. The molecule has 0 amide bonds. The van der Waals surface area contributed by atoms with Gasteiger partial charge in [0.1, 0.15) is 50.3 Å². The first-order valence-corrected chi connectivity index (χ1v) is 53.0. The van der Waals surface area contributed by atoms with Gasteiger partial charge in [-0.25, -0.2) is 9.59 Å². The second-order valence-electron chi connectivity index (χ2n) is 50.1. The van der Waals surface area contributed by atoms with E-state index in [1.807, 2.05) is 34.6 Å². The van der Waals surface area contributed by atoms with E-state index in [0.29, 0.717) is 133 Å². The first-order chi connectivity index (χ1) is 62.7. The molecule has 27 heteroatoms. The van der Waals surface area contributed by atoms with Gasteiger partial charge >= 0.3 is 35.8 Å². The minimum atomic E-state index is -1.02. The van der Waals surface area contributed by atoms with Crippen LogP contribution in [0.5, 0.6) is 0 Å². The maximum atomic E-state index is 13.8. The number of carbonyl (C=O) groups excluding carboxylic acids is 6. The zero-order valence-electron chi connectivity index (χ0n) is 79.2. The Morgan fingerprint density at radius 3 is 1.07 bits per heavy atom. The molecule has 0 aromatic heterocycles. The lowest BCUT2D eigenvalue weighted by Crippen LogP contribution is -2.61. The molecule has 36 rings (SSSR count). The van der Waals surface area contributed by atoms with Crippen molar-refractivity contribution in [1.29, 1.82) is 0 Å². The van der Waals surface area contributed by atoms with Crippen LogP contribution in [0.15, 0.2) is 0 Å². The van der Waals surface area contributed by atoms with E-state index >= 15 is 0 Å². The highest BCUT2D eigenvalue weighted by molar-refractivity contribution is 5.82. The fraction of sp³-hybridized carbons (Fsp3) is 0.942. The predicted molar refractivity (Wildman–Crippen MR) is 461 cm³/mol. The lowest BCUT2D eigenvalue weighted by Gasteiger charge is -2.62. The smallest absolute Gasteiger partial charge is 0.350 e. The van der Waals surface area contributed by atoms with E-state index in [1.54, 1.807) is 6.92 Å². The van der Waals surface area contributed by atoms with Crippen molar-refractivity contribution in [2.75, 3.05) is 33.0 Å². The minimum Gasteiger partial charge on any atom is -0.462 e. The van der Waals surface area contributed by atoms with Gasteiger partial charge in [-0.05, 0) is 340 Å². The molecule has 8 saturated heterocycles. The molecule has 28 bridgehead atoms. The quantitative estimate of drug-likeness (QED) is 0.0826. The Balaban J connectivity index is 0.0000000975. The van der Waals surface area contributed by atoms with Crippen LogP contribution in [0.4, 0.5) is 0 Å². The van der Waals surface area contributed by atoms with Crippen LogP contribution < -0.4 is 0 Å². The van der Waals surface area contributed by atoms with E-state index in [-0.39, 0.29) is 49.1 Å². The highest BCUT2D eigenvalue weighted by atomic mass is 16.9. The van der Waals surface area contributed by atoms with E-state index < -0.39 is 142 Å². The van der Waals surface area contributed by atoms with Crippen molar-refractivity contribution in [2.45, 2.75) is 432 Å². The number of hydrogen-bond donors (Lipinski definition) is 3. The summed E-state index contributed by atoms with van der Waals surface area (Å²) in [4.78, 5) is 76.6.